The van der Waals surface area contributed by atoms with Crippen molar-refractivity contribution in [2.24, 2.45) is 0 Å². The van der Waals surface area contributed by atoms with Gasteiger partial charge in [-0.1, -0.05) is 42.1 Å². The molecule has 1 aliphatic rings. The standard InChI is InChI=1S/C19H21NO3S/c21-19(14-22-13-15-7-6-12-23-15)20-17-10-4-5-11-18(17)24-16-8-2-1-3-9-16/h1-5,8-11,15H,6-7,12-14H2,(H,20,21). The molecule has 1 fully saturated rings. The first-order chi connectivity index (χ1) is 11.8. The molecule has 1 N–H and O–H groups in total. The lowest BCUT2D eigenvalue weighted by Gasteiger charge is -2.12. The second-order valence-corrected chi connectivity index (χ2v) is 6.72. The minimum atomic E-state index is -0.144. The smallest absolute Gasteiger partial charge is 0.250 e. The van der Waals surface area contributed by atoms with Crippen molar-refractivity contribution >= 4 is 23.4 Å². The predicted molar refractivity (Wildman–Crippen MR) is 95.4 cm³/mol. The quantitative estimate of drug-likeness (QED) is 0.826. The lowest BCUT2D eigenvalue weighted by atomic mass is 10.2. The van der Waals surface area contributed by atoms with Gasteiger partial charge in [0, 0.05) is 16.4 Å². The monoisotopic (exact) mass is 343 g/mol. The van der Waals surface area contributed by atoms with Gasteiger partial charge in [0.15, 0.2) is 0 Å². The van der Waals surface area contributed by atoms with E-state index in [-0.39, 0.29) is 18.6 Å². The molecule has 0 aromatic heterocycles. The first kappa shape index (κ1) is 17.0. The first-order valence-corrected chi connectivity index (χ1v) is 8.94. The maximum absolute atomic E-state index is 12.1. The minimum Gasteiger partial charge on any atom is -0.376 e. The summed E-state index contributed by atoms with van der Waals surface area (Å²) in [5.74, 6) is -0.144. The number of carbonyl (C=O) groups excluding carboxylic acids is 1. The van der Waals surface area contributed by atoms with Gasteiger partial charge in [-0.25, -0.2) is 0 Å². The van der Waals surface area contributed by atoms with Crippen molar-refractivity contribution in [3.05, 3.63) is 54.6 Å². The summed E-state index contributed by atoms with van der Waals surface area (Å²) < 4.78 is 10.9. The second kappa shape index (κ2) is 8.87. The lowest BCUT2D eigenvalue weighted by molar-refractivity contribution is -0.121. The molecular formula is C19H21NO3S. The zero-order valence-electron chi connectivity index (χ0n) is 13.4. The lowest BCUT2D eigenvalue weighted by Crippen LogP contribution is -2.22. The normalized spacial score (nSPS) is 16.9. The molecule has 1 aliphatic heterocycles. The molecule has 0 radical (unpaired) electrons. The number of amides is 1. The van der Waals surface area contributed by atoms with E-state index in [0.29, 0.717) is 6.61 Å². The Kier molecular flexibility index (Phi) is 6.29. The SMILES string of the molecule is O=C(COCC1CCCO1)Nc1ccccc1Sc1ccccc1. The van der Waals surface area contributed by atoms with E-state index in [0.717, 1.165) is 34.9 Å². The van der Waals surface area contributed by atoms with Crippen molar-refractivity contribution in [2.75, 3.05) is 25.1 Å². The van der Waals surface area contributed by atoms with Crippen LogP contribution in [0.5, 0.6) is 0 Å². The molecule has 1 amide bonds. The van der Waals surface area contributed by atoms with E-state index < -0.39 is 0 Å². The summed E-state index contributed by atoms with van der Waals surface area (Å²) in [6.45, 7) is 1.32. The number of nitrogens with one attached hydrogen (secondary N) is 1. The van der Waals surface area contributed by atoms with Crippen molar-refractivity contribution in [1.82, 2.24) is 0 Å². The highest BCUT2D eigenvalue weighted by Gasteiger charge is 2.16. The number of ether oxygens (including phenoxy) is 2. The molecule has 0 spiro atoms. The highest BCUT2D eigenvalue weighted by atomic mass is 32.2. The van der Waals surface area contributed by atoms with Gasteiger partial charge in [0.05, 0.1) is 18.4 Å². The van der Waals surface area contributed by atoms with E-state index in [1.54, 1.807) is 11.8 Å². The highest BCUT2D eigenvalue weighted by Crippen LogP contribution is 2.33. The molecule has 1 heterocycles. The molecule has 2 aromatic rings. The summed E-state index contributed by atoms with van der Waals surface area (Å²) >= 11 is 1.62. The number of rotatable bonds is 7. The van der Waals surface area contributed by atoms with E-state index in [1.165, 1.54) is 0 Å². The molecule has 4 nitrogen and oxygen atoms in total. The maximum atomic E-state index is 12.1. The molecular weight excluding hydrogens is 322 g/mol. The van der Waals surface area contributed by atoms with Crippen LogP contribution in [0.3, 0.4) is 0 Å². The van der Waals surface area contributed by atoms with Crippen LogP contribution in [0.4, 0.5) is 5.69 Å². The molecule has 1 unspecified atom stereocenters. The third kappa shape index (κ3) is 5.09. The molecule has 5 heteroatoms. The Morgan fingerprint density at radius 1 is 1.17 bits per heavy atom. The van der Waals surface area contributed by atoms with Crippen LogP contribution in [0, 0.1) is 0 Å². The predicted octanol–water partition coefficient (Wildman–Crippen LogP) is 3.97. The van der Waals surface area contributed by atoms with Crippen LogP contribution in [0.1, 0.15) is 12.8 Å². The van der Waals surface area contributed by atoms with E-state index in [1.807, 2.05) is 54.6 Å². The van der Waals surface area contributed by atoms with Crippen LogP contribution in [0.2, 0.25) is 0 Å². The van der Waals surface area contributed by atoms with Crippen molar-refractivity contribution in [2.45, 2.75) is 28.7 Å². The van der Waals surface area contributed by atoms with E-state index in [2.05, 4.69) is 5.32 Å². The summed E-state index contributed by atoms with van der Waals surface area (Å²) in [6, 6.07) is 17.9. The molecule has 0 aliphatic carbocycles. The number of carbonyl (C=O) groups is 1. The first-order valence-electron chi connectivity index (χ1n) is 8.12. The highest BCUT2D eigenvalue weighted by molar-refractivity contribution is 7.99. The number of benzene rings is 2. The average Bonchev–Trinajstić information content (AvgIpc) is 3.11. The second-order valence-electron chi connectivity index (χ2n) is 5.61. The average molecular weight is 343 g/mol. The molecule has 3 rings (SSSR count). The largest absolute Gasteiger partial charge is 0.376 e. The van der Waals surface area contributed by atoms with Crippen LogP contribution in [-0.2, 0) is 14.3 Å². The Morgan fingerprint density at radius 2 is 1.96 bits per heavy atom. The summed E-state index contributed by atoms with van der Waals surface area (Å²) in [5, 5.41) is 2.93. The Labute approximate surface area is 146 Å². The summed E-state index contributed by atoms with van der Waals surface area (Å²) in [7, 11) is 0. The van der Waals surface area contributed by atoms with Gasteiger partial charge < -0.3 is 14.8 Å². The topological polar surface area (TPSA) is 47.6 Å². The molecule has 126 valence electrons. The number of anilines is 1. The van der Waals surface area contributed by atoms with Crippen molar-refractivity contribution in [3.63, 3.8) is 0 Å². The zero-order valence-corrected chi connectivity index (χ0v) is 14.3. The van der Waals surface area contributed by atoms with Crippen LogP contribution in [0.15, 0.2) is 64.4 Å². The minimum absolute atomic E-state index is 0.0458. The van der Waals surface area contributed by atoms with Crippen LogP contribution < -0.4 is 5.32 Å². The van der Waals surface area contributed by atoms with Gasteiger partial charge in [0.1, 0.15) is 6.61 Å². The summed E-state index contributed by atoms with van der Waals surface area (Å²) in [5.41, 5.74) is 0.803. The molecule has 1 saturated heterocycles. The van der Waals surface area contributed by atoms with Gasteiger partial charge >= 0.3 is 0 Å². The maximum Gasteiger partial charge on any atom is 0.250 e. The summed E-state index contributed by atoms with van der Waals surface area (Å²) in [6.07, 6.45) is 2.22. The van der Waals surface area contributed by atoms with Gasteiger partial charge in [0.25, 0.3) is 0 Å². The van der Waals surface area contributed by atoms with Crippen LogP contribution in [-0.4, -0.2) is 31.8 Å². The van der Waals surface area contributed by atoms with Crippen molar-refractivity contribution in [1.29, 1.82) is 0 Å². The zero-order chi connectivity index (χ0) is 16.6. The number of hydrogen-bond donors (Lipinski definition) is 1. The molecule has 2 aromatic carbocycles. The molecule has 24 heavy (non-hydrogen) atoms. The third-order valence-corrected chi connectivity index (χ3v) is 4.78. The van der Waals surface area contributed by atoms with E-state index >= 15 is 0 Å². The van der Waals surface area contributed by atoms with Gasteiger partial charge in [-0.05, 0) is 37.1 Å². The van der Waals surface area contributed by atoms with Crippen LogP contribution >= 0.6 is 11.8 Å². The fourth-order valence-electron chi connectivity index (χ4n) is 2.52. The fraction of sp³-hybridized carbons (Fsp3) is 0.316. The molecule has 1 atom stereocenters. The fourth-order valence-corrected chi connectivity index (χ4v) is 3.44. The van der Waals surface area contributed by atoms with Gasteiger partial charge in [0.2, 0.25) is 5.91 Å². The molecule has 0 bridgehead atoms. The van der Waals surface area contributed by atoms with E-state index in [9.17, 15) is 4.79 Å². The Bertz CT molecular complexity index is 657. The Balaban J connectivity index is 1.53. The molecule has 0 saturated carbocycles. The van der Waals surface area contributed by atoms with Crippen LogP contribution in [0.25, 0.3) is 0 Å². The van der Waals surface area contributed by atoms with E-state index in [4.69, 9.17) is 9.47 Å². The Morgan fingerprint density at radius 3 is 2.75 bits per heavy atom. The third-order valence-electron chi connectivity index (χ3n) is 3.69. The Hall–Kier alpha value is -1.82. The van der Waals surface area contributed by atoms with Gasteiger partial charge in [-0.2, -0.15) is 0 Å². The van der Waals surface area contributed by atoms with Gasteiger partial charge in [-0.15, -0.1) is 0 Å². The van der Waals surface area contributed by atoms with Gasteiger partial charge in [-0.3, -0.25) is 4.79 Å². The number of para-hydroxylation sites is 1. The number of hydrogen-bond acceptors (Lipinski definition) is 4. The van der Waals surface area contributed by atoms with Crippen molar-refractivity contribution in [3.8, 4) is 0 Å². The van der Waals surface area contributed by atoms with Crippen molar-refractivity contribution < 1.29 is 14.3 Å². The summed E-state index contributed by atoms with van der Waals surface area (Å²) in [4.78, 5) is 14.2.